The van der Waals surface area contributed by atoms with E-state index in [1.807, 2.05) is 48.5 Å². The lowest BCUT2D eigenvalue weighted by atomic mass is 10.1. The molecule has 0 radical (unpaired) electrons. The summed E-state index contributed by atoms with van der Waals surface area (Å²) in [6, 6.07) is 20.1. The molecule has 0 unspecified atom stereocenters. The second-order valence-electron chi connectivity index (χ2n) is 8.23. The molecule has 0 atom stereocenters. The zero-order chi connectivity index (χ0) is 20.6. The zero-order valence-electron chi connectivity index (χ0n) is 18.0. The van der Waals surface area contributed by atoms with E-state index >= 15 is 0 Å². The number of fused-ring (bicyclic) bond motifs is 1. The molecule has 29 heavy (non-hydrogen) atoms. The van der Waals surface area contributed by atoms with Crippen LogP contribution in [0.5, 0.6) is 23.0 Å². The maximum atomic E-state index is 6.29. The van der Waals surface area contributed by atoms with Gasteiger partial charge in [-0.25, -0.2) is 0 Å². The van der Waals surface area contributed by atoms with E-state index in [4.69, 9.17) is 14.2 Å². The van der Waals surface area contributed by atoms with Gasteiger partial charge in [-0.1, -0.05) is 70.2 Å². The molecular formula is C26H32O3. The van der Waals surface area contributed by atoms with Gasteiger partial charge in [0.05, 0.1) is 13.2 Å². The van der Waals surface area contributed by atoms with Gasteiger partial charge in [-0.05, 0) is 48.3 Å². The first-order valence-electron chi connectivity index (χ1n) is 10.6. The van der Waals surface area contributed by atoms with Crippen LogP contribution in [0.25, 0.3) is 10.8 Å². The lowest BCUT2D eigenvalue weighted by Crippen LogP contribution is -2.07. The zero-order valence-corrected chi connectivity index (χ0v) is 18.0. The predicted octanol–water partition coefficient (Wildman–Crippen LogP) is 7.48. The van der Waals surface area contributed by atoms with Gasteiger partial charge in [0.15, 0.2) is 11.5 Å². The molecule has 3 rings (SSSR count). The Morgan fingerprint density at radius 3 is 1.93 bits per heavy atom. The van der Waals surface area contributed by atoms with E-state index in [0.29, 0.717) is 36.5 Å². The van der Waals surface area contributed by atoms with E-state index in [1.54, 1.807) is 0 Å². The minimum absolute atomic E-state index is 0.569. The van der Waals surface area contributed by atoms with Gasteiger partial charge in [-0.2, -0.15) is 0 Å². The van der Waals surface area contributed by atoms with Crippen molar-refractivity contribution in [2.24, 2.45) is 11.8 Å². The molecule has 0 aromatic heterocycles. The smallest absolute Gasteiger partial charge is 0.204 e. The van der Waals surface area contributed by atoms with Crippen LogP contribution in [0.15, 0.2) is 60.7 Å². The van der Waals surface area contributed by atoms with Crippen LogP contribution in [0.4, 0.5) is 0 Å². The topological polar surface area (TPSA) is 27.7 Å². The number of hydrogen-bond acceptors (Lipinski definition) is 3. The van der Waals surface area contributed by atoms with Crippen LogP contribution in [0, 0.1) is 11.8 Å². The highest BCUT2D eigenvalue weighted by Gasteiger charge is 2.19. The number of benzene rings is 3. The van der Waals surface area contributed by atoms with Crippen molar-refractivity contribution in [1.29, 1.82) is 0 Å². The average Bonchev–Trinajstić information content (AvgIpc) is 2.70. The predicted molar refractivity (Wildman–Crippen MR) is 120 cm³/mol. The van der Waals surface area contributed by atoms with E-state index in [0.717, 1.165) is 35.1 Å². The second kappa shape index (κ2) is 10.2. The third-order valence-electron chi connectivity index (χ3n) is 4.78. The molecule has 0 N–H and O–H groups in total. The first kappa shape index (κ1) is 21.0. The summed E-state index contributed by atoms with van der Waals surface area (Å²) in [5, 5.41) is 2.13. The van der Waals surface area contributed by atoms with Crippen molar-refractivity contribution in [3.8, 4) is 23.0 Å². The quantitative estimate of drug-likeness (QED) is 0.358. The number of para-hydroxylation sites is 1. The molecule has 3 nitrogen and oxygen atoms in total. The highest BCUT2D eigenvalue weighted by atomic mass is 16.5. The molecule has 0 heterocycles. The van der Waals surface area contributed by atoms with Gasteiger partial charge < -0.3 is 14.2 Å². The van der Waals surface area contributed by atoms with Crippen LogP contribution in [-0.4, -0.2) is 13.2 Å². The number of hydrogen-bond donors (Lipinski definition) is 0. The molecule has 0 fully saturated rings. The first-order chi connectivity index (χ1) is 14.0. The Labute approximate surface area is 174 Å². The Bertz CT molecular complexity index is 900. The van der Waals surface area contributed by atoms with Crippen LogP contribution >= 0.6 is 0 Å². The van der Waals surface area contributed by atoms with Gasteiger partial charge in [-0.3, -0.25) is 0 Å². The number of rotatable bonds is 10. The van der Waals surface area contributed by atoms with Crippen molar-refractivity contribution in [3.63, 3.8) is 0 Å². The maximum Gasteiger partial charge on any atom is 0.204 e. The summed E-state index contributed by atoms with van der Waals surface area (Å²) in [7, 11) is 0. The molecule has 0 spiro atoms. The first-order valence-corrected chi connectivity index (χ1v) is 10.6. The Morgan fingerprint density at radius 1 is 0.690 bits per heavy atom. The minimum atomic E-state index is 0.569. The summed E-state index contributed by atoms with van der Waals surface area (Å²) in [4.78, 5) is 0. The molecule has 0 saturated heterocycles. The Balaban J connectivity index is 2.02. The molecule has 0 bridgehead atoms. The molecule has 3 aromatic carbocycles. The van der Waals surface area contributed by atoms with Crippen molar-refractivity contribution in [3.05, 3.63) is 60.7 Å². The van der Waals surface area contributed by atoms with E-state index in [-0.39, 0.29) is 0 Å². The van der Waals surface area contributed by atoms with Gasteiger partial charge in [0.1, 0.15) is 5.75 Å². The molecule has 3 aromatic rings. The summed E-state index contributed by atoms with van der Waals surface area (Å²) in [6.45, 7) is 10.1. The minimum Gasteiger partial charge on any atom is -0.489 e. The second-order valence-corrected chi connectivity index (χ2v) is 8.23. The molecule has 0 aliphatic heterocycles. The van der Waals surface area contributed by atoms with Gasteiger partial charge in [0.25, 0.3) is 0 Å². The molecule has 0 aliphatic rings. The Hall–Kier alpha value is -2.68. The fraction of sp³-hybridized carbons (Fsp3) is 0.385. The fourth-order valence-electron chi connectivity index (χ4n) is 3.04. The summed E-state index contributed by atoms with van der Waals surface area (Å²) in [6.07, 6.45) is 1.96. The van der Waals surface area contributed by atoms with Crippen LogP contribution < -0.4 is 14.2 Å². The lowest BCUT2D eigenvalue weighted by Gasteiger charge is -2.20. The lowest BCUT2D eigenvalue weighted by molar-refractivity contribution is 0.242. The molecule has 154 valence electrons. The van der Waals surface area contributed by atoms with Gasteiger partial charge in [0.2, 0.25) is 5.75 Å². The fourth-order valence-corrected chi connectivity index (χ4v) is 3.04. The van der Waals surface area contributed by atoms with Crippen molar-refractivity contribution < 1.29 is 14.2 Å². The van der Waals surface area contributed by atoms with Gasteiger partial charge in [0, 0.05) is 5.39 Å². The number of ether oxygens (including phenoxy) is 3. The van der Waals surface area contributed by atoms with Crippen LogP contribution in [0.2, 0.25) is 0 Å². The summed E-state index contributed by atoms with van der Waals surface area (Å²) >= 11 is 0. The highest BCUT2D eigenvalue weighted by molar-refractivity contribution is 5.93. The maximum absolute atomic E-state index is 6.29. The Morgan fingerprint density at radius 2 is 1.28 bits per heavy atom. The third-order valence-corrected chi connectivity index (χ3v) is 4.78. The van der Waals surface area contributed by atoms with E-state index in [9.17, 15) is 0 Å². The van der Waals surface area contributed by atoms with E-state index in [2.05, 4.69) is 39.8 Å². The SMILES string of the molecule is CC(C)CCOc1c(Oc2ccccc2)cc2ccccc2c1OCCC(C)C. The van der Waals surface area contributed by atoms with Crippen LogP contribution in [0.1, 0.15) is 40.5 Å². The van der Waals surface area contributed by atoms with Crippen molar-refractivity contribution in [1.82, 2.24) is 0 Å². The van der Waals surface area contributed by atoms with Crippen LogP contribution in [0.3, 0.4) is 0 Å². The van der Waals surface area contributed by atoms with Crippen molar-refractivity contribution >= 4 is 10.8 Å². The third kappa shape index (κ3) is 5.90. The van der Waals surface area contributed by atoms with E-state index in [1.165, 1.54) is 0 Å². The average molecular weight is 393 g/mol. The molecule has 0 saturated carbocycles. The standard InChI is InChI=1S/C26H32O3/c1-19(2)14-16-27-25-23-13-9-8-10-21(23)18-24(26(25)28-17-15-20(3)4)29-22-11-6-5-7-12-22/h5-13,18-20H,14-17H2,1-4H3. The van der Waals surface area contributed by atoms with Gasteiger partial charge >= 0.3 is 0 Å². The summed E-state index contributed by atoms with van der Waals surface area (Å²) in [5.74, 6) is 4.09. The van der Waals surface area contributed by atoms with E-state index < -0.39 is 0 Å². The Kier molecular flexibility index (Phi) is 7.40. The van der Waals surface area contributed by atoms with Gasteiger partial charge in [-0.15, -0.1) is 0 Å². The van der Waals surface area contributed by atoms with Crippen molar-refractivity contribution in [2.75, 3.05) is 13.2 Å². The largest absolute Gasteiger partial charge is 0.489 e. The summed E-state index contributed by atoms with van der Waals surface area (Å²) < 4.78 is 18.8. The molecule has 0 aliphatic carbocycles. The molecule has 3 heteroatoms. The normalized spacial score (nSPS) is 11.2. The molecule has 0 amide bonds. The van der Waals surface area contributed by atoms with Crippen LogP contribution in [-0.2, 0) is 0 Å². The summed E-state index contributed by atoms with van der Waals surface area (Å²) in [5.41, 5.74) is 0. The molecular weight excluding hydrogens is 360 g/mol. The highest BCUT2D eigenvalue weighted by Crippen LogP contribution is 2.45. The van der Waals surface area contributed by atoms with Crippen molar-refractivity contribution in [2.45, 2.75) is 40.5 Å². The monoisotopic (exact) mass is 392 g/mol.